The molecule has 2 N–H and O–H groups in total. The number of fused-ring (bicyclic) bond motifs is 1. The second kappa shape index (κ2) is 4.31. The SMILES string of the molecule is NCC1CCCC1N1C(=O)c2ccccc2S1(=O)=O. The number of rotatable bonds is 2. The van der Waals surface area contributed by atoms with Crippen LogP contribution in [0.25, 0.3) is 0 Å². The number of sulfonamides is 1. The minimum absolute atomic E-state index is 0.0769. The van der Waals surface area contributed by atoms with Crippen molar-refractivity contribution >= 4 is 15.9 Å². The van der Waals surface area contributed by atoms with Crippen LogP contribution in [0.2, 0.25) is 0 Å². The Morgan fingerprint density at radius 1 is 1.26 bits per heavy atom. The van der Waals surface area contributed by atoms with Crippen LogP contribution in [0, 0.1) is 5.92 Å². The zero-order chi connectivity index (χ0) is 13.6. The highest BCUT2D eigenvalue weighted by Crippen LogP contribution is 2.38. The Morgan fingerprint density at radius 2 is 2.00 bits per heavy atom. The lowest BCUT2D eigenvalue weighted by Gasteiger charge is -2.27. The van der Waals surface area contributed by atoms with Gasteiger partial charge in [-0.25, -0.2) is 12.7 Å². The van der Waals surface area contributed by atoms with Crippen LogP contribution < -0.4 is 5.73 Å². The molecular formula is C13H16N2O3S. The summed E-state index contributed by atoms with van der Waals surface area (Å²) in [6.45, 7) is 0.417. The minimum Gasteiger partial charge on any atom is -0.330 e. The van der Waals surface area contributed by atoms with E-state index in [1.165, 1.54) is 6.07 Å². The largest absolute Gasteiger partial charge is 0.330 e. The quantitative estimate of drug-likeness (QED) is 0.875. The lowest BCUT2D eigenvalue weighted by molar-refractivity contribution is 0.0813. The fraction of sp³-hybridized carbons (Fsp3) is 0.462. The van der Waals surface area contributed by atoms with Crippen molar-refractivity contribution in [2.45, 2.75) is 30.2 Å². The topological polar surface area (TPSA) is 80.5 Å². The first-order chi connectivity index (χ1) is 9.07. The molecule has 0 spiro atoms. The van der Waals surface area contributed by atoms with Crippen molar-refractivity contribution in [1.82, 2.24) is 4.31 Å². The first-order valence-corrected chi connectivity index (χ1v) is 7.89. The maximum atomic E-state index is 12.5. The van der Waals surface area contributed by atoms with Crippen molar-refractivity contribution in [2.24, 2.45) is 11.7 Å². The summed E-state index contributed by atoms with van der Waals surface area (Å²) < 4.78 is 26.1. The van der Waals surface area contributed by atoms with Gasteiger partial charge in [-0.15, -0.1) is 0 Å². The fourth-order valence-electron chi connectivity index (χ4n) is 3.13. The molecule has 1 saturated carbocycles. The lowest BCUT2D eigenvalue weighted by Crippen LogP contribution is -2.43. The van der Waals surface area contributed by atoms with E-state index in [4.69, 9.17) is 5.73 Å². The van der Waals surface area contributed by atoms with E-state index in [0.29, 0.717) is 13.0 Å². The normalized spacial score (nSPS) is 28.7. The van der Waals surface area contributed by atoms with E-state index < -0.39 is 15.9 Å². The first-order valence-electron chi connectivity index (χ1n) is 6.45. The Morgan fingerprint density at radius 3 is 2.68 bits per heavy atom. The van der Waals surface area contributed by atoms with E-state index in [1.54, 1.807) is 18.2 Å². The van der Waals surface area contributed by atoms with E-state index in [9.17, 15) is 13.2 Å². The summed E-state index contributed by atoms with van der Waals surface area (Å²) >= 11 is 0. The fourth-order valence-corrected chi connectivity index (χ4v) is 4.98. The van der Waals surface area contributed by atoms with Crippen LogP contribution in [-0.2, 0) is 10.0 Å². The van der Waals surface area contributed by atoms with E-state index >= 15 is 0 Å². The van der Waals surface area contributed by atoms with Gasteiger partial charge in [0.15, 0.2) is 0 Å². The van der Waals surface area contributed by atoms with Crippen molar-refractivity contribution in [1.29, 1.82) is 0 Å². The molecule has 3 rings (SSSR count). The molecule has 6 heteroatoms. The molecule has 2 aliphatic rings. The molecule has 1 aromatic carbocycles. The summed E-state index contributed by atoms with van der Waals surface area (Å²) in [6, 6.07) is 6.11. The molecule has 1 aliphatic heterocycles. The highest BCUT2D eigenvalue weighted by atomic mass is 32.2. The predicted octanol–water partition coefficient (Wildman–Crippen LogP) is 0.958. The molecule has 1 aromatic rings. The Hall–Kier alpha value is -1.40. The van der Waals surface area contributed by atoms with Crippen LogP contribution in [0.1, 0.15) is 29.6 Å². The Balaban J connectivity index is 2.08. The number of amides is 1. The summed E-state index contributed by atoms with van der Waals surface area (Å²) in [5, 5.41) is 0. The molecular weight excluding hydrogens is 264 g/mol. The maximum absolute atomic E-state index is 12.5. The first kappa shape index (κ1) is 12.6. The third kappa shape index (κ3) is 1.70. The van der Waals surface area contributed by atoms with Gasteiger partial charge in [0.25, 0.3) is 15.9 Å². The second-order valence-electron chi connectivity index (χ2n) is 5.10. The smallest absolute Gasteiger partial charge is 0.269 e. The lowest BCUT2D eigenvalue weighted by atomic mass is 10.0. The van der Waals surface area contributed by atoms with Crippen LogP contribution >= 0.6 is 0 Å². The van der Waals surface area contributed by atoms with Crippen molar-refractivity contribution < 1.29 is 13.2 Å². The number of hydrogen-bond acceptors (Lipinski definition) is 4. The average Bonchev–Trinajstić information content (AvgIpc) is 2.93. The van der Waals surface area contributed by atoms with Gasteiger partial charge in [-0.1, -0.05) is 18.6 Å². The monoisotopic (exact) mass is 280 g/mol. The highest BCUT2D eigenvalue weighted by molar-refractivity contribution is 7.90. The van der Waals surface area contributed by atoms with Crippen molar-refractivity contribution in [3.8, 4) is 0 Å². The van der Waals surface area contributed by atoms with E-state index in [1.807, 2.05) is 0 Å². The van der Waals surface area contributed by atoms with Gasteiger partial charge in [0, 0.05) is 0 Å². The summed E-state index contributed by atoms with van der Waals surface area (Å²) in [7, 11) is -3.69. The molecule has 0 bridgehead atoms. The second-order valence-corrected chi connectivity index (χ2v) is 6.88. The molecule has 1 fully saturated rings. The summed E-state index contributed by atoms with van der Waals surface area (Å²) in [4.78, 5) is 12.5. The molecule has 0 saturated heterocycles. The maximum Gasteiger partial charge on any atom is 0.269 e. The van der Waals surface area contributed by atoms with Crippen molar-refractivity contribution in [2.75, 3.05) is 6.54 Å². The van der Waals surface area contributed by atoms with Crippen LogP contribution in [0.3, 0.4) is 0 Å². The number of carbonyl (C=O) groups is 1. The molecule has 2 atom stereocenters. The minimum atomic E-state index is -3.69. The summed E-state index contributed by atoms with van der Waals surface area (Å²) in [6.07, 6.45) is 2.51. The number of hydrogen-bond donors (Lipinski definition) is 1. The van der Waals surface area contributed by atoms with Gasteiger partial charge in [-0.3, -0.25) is 4.79 Å². The predicted molar refractivity (Wildman–Crippen MR) is 70.0 cm³/mol. The number of benzene rings is 1. The van der Waals surface area contributed by atoms with Gasteiger partial charge >= 0.3 is 0 Å². The van der Waals surface area contributed by atoms with Gasteiger partial charge in [-0.05, 0) is 37.4 Å². The highest BCUT2D eigenvalue weighted by Gasteiger charge is 2.47. The standard InChI is InChI=1S/C13H16N2O3S/c14-8-9-4-3-6-11(9)15-13(16)10-5-1-2-7-12(10)19(15,17)18/h1-2,5,7,9,11H,3-4,6,8,14H2. The zero-order valence-corrected chi connectivity index (χ0v) is 11.3. The zero-order valence-electron chi connectivity index (χ0n) is 10.5. The Bertz CT molecular complexity index is 627. The van der Waals surface area contributed by atoms with E-state index in [2.05, 4.69) is 0 Å². The van der Waals surface area contributed by atoms with Crippen LogP contribution in [0.15, 0.2) is 29.2 Å². The number of carbonyl (C=O) groups excluding carboxylic acids is 1. The number of nitrogens with zero attached hydrogens (tertiary/aromatic N) is 1. The molecule has 19 heavy (non-hydrogen) atoms. The van der Waals surface area contributed by atoms with Crippen LogP contribution in [0.4, 0.5) is 0 Å². The van der Waals surface area contributed by atoms with Gasteiger partial charge in [0.2, 0.25) is 0 Å². The van der Waals surface area contributed by atoms with Crippen molar-refractivity contribution in [3.05, 3.63) is 29.8 Å². The molecule has 1 amide bonds. The van der Waals surface area contributed by atoms with Gasteiger partial charge in [-0.2, -0.15) is 0 Å². The third-order valence-electron chi connectivity index (χ3n) is 4.08. The van der Waals surface area contributed by atoms with Gasteiger partial charge < -0.3 is 5.73 Å². The molecule has 0 aromatic heterocycles. The van der Waals surface area contributed by atoms with Crippen LogP contribution in [-0.4, -0.2) is 31.2 Å². The Kier molecular flexibility index (Phi) is 2.87. The van der Waals surface area contributed by atoms with E-state index in [0.717, 1.165) is 17.1 Å². The number of nitrogens with two attached hydrogens (primary N) is 1. The van der Waals surface area contributed by atoms with Crippen LogP contribution in [0.5, 0.6) is 0 Å². The average molecular weight is 280 g/mol. The molecule has 102 valence electrons. The molecule has 1 aliphatic carbocycles. The van der Waals surface area contributed by atoms with E-state index in [-0.39, 0.29) is 22.4 Å². The van der Waals surface area contributed by atoms with Gasteiger partial charge in [0.05, 0.1) is 11.6 Å². The molecule has 2 unspecified atom stereocenters. The molecule has 0 radical (unpaired) electrons. The van der Waals surface area contributed by atoms with Crippen molar-refractivity contribution in [3.63, 3.8) is 0 Å². The molecule has 1 heterocycles. The summed E-state index contributed by atoms with van der Waals surface area (Å²) in [5.74, 6) is -0.325. The summed E-state index contributed by atoms with van der Waals surface area (Å²) in [5.41, 5.74) is 5.98. The Labute approximate surface area is 112 Å². The van der Waals surface area contributed by atoms with Gasteiger partial charge in [0.1, 0.15) is 4.90 Å². The third-order valence-corrected chi connectivity index (χ3v) is 5.94. The molecule has 5 nitrogen and oxygen atoms in total.